The third-order valence-corrected chi connectivity index (χ3v) is 3.81. The van der Waals surface area contributed by atoms with Crippen molar-refractivity contribution >= 4 is 17.9 Å². The van der Waals surface area contributed by atoms with Gasteiger partial charge in [-0.25, -0.2) is 4.79 Å². The predicted octanol–water partition coefficient (Wildman–Crippen LogP) is 1.33. The molecular formula is C18H22O8. The van der Waals surface area contributed by atoms with Crippen molar-refractivity contribution in [1.29, 1.82) is 0 Å². The van der Waals surface area contributed by atoms with Gasteiger partial charge in [0.2, 0.25) is 6.29 Å². The molecule has 8 nitrogen and oxygen atoms in total. The van der Waals surface area contributed by atoms with E-state index in [-0.39, 0.29) is 13.2 Å². The topological polar surface area (TPSA) is 97.4 Å². The van der Waals surface area contributed by atoms with Crippen molar-refractivity contribution < 1.29 is 38.1 Å². The van der Waals surface area contributed by atoms with Crippen LogP contribution in [0.15, 0.2) is 30.3 Å². The number of hydrogen-bond acceptors (Lipinski definition) is 8. The number of carbonyl (C=O) groups excluding carboxylic acids is 3. The third-order valence-electron chi connectivity index (χ3n) is 3.81. The molecule has 0 aromatic heterocycles. The average Bonchev–Trinajstić information content (AvgIpc) is 2.89. The highest BCUT2D eigenvalue weighted by atomic mass is 16.7. The summed E-state index contributed by atoms with van der Waals surface area (Å²) in [5.41, 5.74) is 0.405. The Bertz CT molecular complexity index is 629. The zero-order valence-electron chi connectivity index (χ0n) is 14.9. The number of methoxy groups -OCH3 is 1. The molecule has 1 aliphatic rings. The zero-order chi connectivity index (χ0) is 19.1. The molecule has 1 unspecified atom stereocenters. The highest BCUT2D eigenvalue weighted by Gasteiger charge is 2.49. The fourth-order valence-corrected chi connectivity index (χ4v) is 2.73. The van der Waals surface area contributed by atoms with Crippen LogP contribution >= 0.6 is 0 Å². The van der Waals surface area contributed by atoms with Crippen LogP contribution in [0.4, 0.5) is 0 Å². The summed E-state index contributed by atoms with van der Waals surface area (Å²) in [7, 11) is 1.48. The Labute approximate surface area is 151 Å². The van der Waals surface area contributed by atoms with Gasteiger partial charge < -0.3 is 23.7 Å². The monoisotopic (exact) mass is 366 g/mol. The minimum Gasteiger partial charge on any atom is -0.459 e. The summed E-state index contributed by atoms with van der Waals surface area (Å²) < 4.78 is 26.5. The minimum atomic E-state index is -1.09. The number of hydrogen-bond donors (Lipinski definition) is 0. The molecule has 0 radical (unpaired) electrons. The SMILES string of the molecule is COC[C@@H]1[C@@H](COC(=O)c2ccccc2)OC(OC(C)=O)[C@@H]1OC(C)=O. The van der Waals surface area contributed by atoms with Gasteiger partial charge in [0, 0.05) is 21.0 Å². The molecule has 1 fully saturated rings. The van der Waals surface area contributed by atoms with E-state index in [1.54, 1.807) is 30.3 Å². The van der Waals surface area contributed by atoms with Crippen LogP contribution in [0.2, 0.25) is 0 Å². The summed E-state index contributed by atoms with van der Waals surface area (Å²) in [5.74, 6) is -2.09. The minimum absolute atomic E-state index is 0.0999. The second-order valence-electron chi connectivity index (χ2n) is 5.81. The van der Waals surface area contributed by atoms with Gasteiger partial charge in [-0.2, -0.15) is 0 Å². The summed E-state index contributed by atoms with van der Waals surface area (Å²) in [6.45, 7) is 2.54. The van der Waals surface area contributed by atoms with Gasteiger partial charge in [-0.1, -0.05) is 18.2 Å². The Morgan fingerprint density at radius 1 is 1.00 bits per heavy atom. The fraction of sp³-hybridized carbons (Fsp3) is 0.500. The summed E-state index contributed by atoms with van der Waals surface area (Å²) in [5, 5.41) is 0. The molecule has 0 amide bonds. The molecule has 1 heterocycles. The highest BCUT2D eigenvalue weighted by molar-refractivity contribution is 5.89. The molecule has 4 atom stereocenters. The van der Waals surface area contributed by atoms with Crippen LogP contribution in [-0.4, -0.2) is 56.7 Å². The van der Waals surface area contributed by atoms with Gasteiger partial charge in [0.1, 0.15) is 12.7 Å². The maximum atomic E-state index is 12.1. The number of ether oxygens (including phenoxy) is 5. The molecule has 1 aromatic rings. The number of carbonyl (C=O) groups is 3. The van der Waals surface area contributed by atoms with E-state index >= 15 is 0 Å². The second kappa shape index (κ2) is 9.30. The summed E-state index contributed by atoms with van der Waals surface area (Å²) in [6.07, 6.45) is -2.59. The van der Waals surface area contributed by atoms with Crippen LogP contribution < -0.4 is 0 Å². The molecule has 0 saturated carbocycles. The van der Waals surface area contributed by atoms with Crippen LogP contribution in [0.25, 0.3) is 0 Å². The standard InChI is InChI=1S/C18H22O8/c1-11(19)24-16-14(9-22-3)15(26-18(16)25-12(2)20)10-23-17(21)13-7-5-4-6-8-13/h4-8,14-16,18H,9-10H2,1-3H3/t14-,15-,16-,18?/m1/s1. The van der Waals surface area contributed by atoms with Crippen molar-refractivity contribution in [3.63, 3.8) is 0 Å². The van der Waals surface area contributed by atoms with Crippen LogP contribution in [0.3, 0.4) is 0 Å². The van der Waals surface area contributed by atoms with E-state index in [9.17, 15) is 14.4 Å². The summed E-state index contributed by atoms with van der Waals surface area (Å²) >= 11 is 0. The molecule has 0 spiro atoms. The summed E-state index contributed by atoms with van der Waals surface area (Å²) in [6, 6.07) is 8.51. The first-order valence-corrected chi connectivity index (χ1v) is 8.13. The van der Waals surface area contributed by atoms with Gasteiger partial charge in [-0.3, -0.25) is 9.59 Å². The molecule has 0 N–H and O–H groups in total. The van der Waals surface area contributed by atoms with E-state index in [1.807, 2.05) is 0 Å². The van der Waals surface area contributed by atoms with E-state index in [2.05, 4.69) is 0 Å². The van der Waals surface area contributed by atoms with Crippen molar-refractivity contribution in [3.05, 3.63) is 35.9 Å². The molecule has 1 aliphatic heterocycles. The maximum absolute atomic E-state index is 12.1. The normalized spacial score (nSPS) is 24.7. The Morgan fingerprint density at radius 2 is 1.65 bits per heavy atom. The van der Waals surface area contributed by atoms with E-state index in [0.717, 1.165) is 0 Å². The van der Waals surface area contributed by atoms with Crippen molar-refractivity contribution in [2.24, 2.45) is 5.92 Å². The maximum Gasteiger partial charge on any atom is 0.338 e. The van der Waals surface area contributed by atoms with E-state index in [1.165, 1.54) is 21.0 Å². The first-order valence-electron chi connectivity index (χ1n) is 8.13. The number of rotatable bonds is 7. The number of benzene rings is 1. The van der Waals surface area contributed by atoms with Crippen LogP contribution in [0, 0.1) is 5.92 Å². The molecule has 1 saturated heterocycles. The van der Waals surface area contributed by atoms with Gasteiger partial charge in [0.05, 0.1) is 18.1 Å². The lowest BCUT2D eigenvalue weighted by molar-refractivity contribution is -0.195. The lowest BCUT2D eigenvalue weighted by atomic mass is 9.99. The largest absolute Gasteiger partial charge is 0.459 e. The van der Waals surface area contributed by atoms with Crippen molar-refractivity contribution in [2.45, 2.75) is 32.3 Å². The Morgan fingerprint density at radius 3 is 2.23 bits per heavy atom. The van der Waals surface area contributed by atoms with E-state index in [0.29, 0.717) is 5.56 Å². The molecule has 142 valence electrons. The molecule has 2 rings (SSSR count). The van der Waals surface area contributed by atoms with Gasteiger partial charge in [0.15, 0.2) is 6.10 Å². The first-order chi connectivity index (χ1) is 12.4. The van der Waals surface area contributed by atoms with E-state index < -0.39 is 42.3 Å². The summed E-state index contributed by atoms with van der Waals surface area (Å²) in [4.78, 5) is 34.8. The fourth-order valence-electron chi connectivity index (χ4n) is 2.73. The Balaban J connectivity index is 2.08. The van der Waals surface area contributed by atoms with Gasteiger partial charge >= 0.3 is 17.9 Å². The lowest BCUT2D eigenvalue weighted by Gasteiger charge is -2.22. The predicted molar refractivity (Wildman–Crippen MR) is 88.1 cm³/mol. The first kappa shape index (κ1) is 19.9. The van der Waals surface area contributed by atoms with Gasteiger partial charge in [-0.15, -0.1) is 0 Å². The average molecular weight is 366 g/mol. The van der Waals surface area contributed by atoms with Crippen LogP contribution in [0.1, 0.15) is 24.2 Å². The van der Waals surface area contributed by atoms with Crippen molar-refractivity contribution in [2.75, 3.05) is 20.3 Å². The van der Waals surface area contributed by atoms with E-state index in [4.69, 9.17) is 23.7 Å². The van der Waals surface area contributed by atoms with Crippen LogP contribution in [0.5, 0.6) is 0 Å². The molecule has 8 heteroatoms. The third kappa shape index (κ3) is 5.27. The highest BCUT2D eigenvalue weighted by Crippen LogP contribution is 2.31. The van der Waals surface area contributed by atoms with Gasteiger partial charge in [0.25, 0.3) is 0 Å². The zero-order valence-corrected chi connectivity index (χ0v) is 14.9. The van der Waals surface area contributed by atoms with Crippen molar-refractivity contribution in [1.82, 2.24) is 0 Å². The smallest absolute Gasteiger partial charge is 0.338 e. The molecule has 26 heavy (non-hydrogen) atoms. The van der Waals surface area contributed by atoms with Gasteiger partial charge in [-0.05, 0) is 12.1 Å². The molecule has 1 aromatic carbocycles. The molecule has 0 bridgehead atoms. The lowest BCUT2D eigenvalue weighted by Crippen LogP contribution is -2.37. The quantitative estimate of drug-likeness (QED) is 0.527. The number of esters is 3. The second-order valence-corrected chi connectivity index (χ2v) is 5.81. The molecular weight excluding hydrogens is 344 g/mol. The Kier molecular flexibility index (Phi) is 7.11. The molecule has 0 aliphatic carbocycles. The Hall–Kier alpha value is -2.45. The van der Waals surface area contributed by atoms with Crippen LogP contribution in [-0.2, 0) is 33.3 Å². The van der Waals surface area contributed by atoms with Crippen molar-refractivity contribution in [3.8, 4) is 0 Å².